The van der Waals surface area contributed by atoms with E-state index in [4.69, 9.17) is 5.26 Å². The van der Waals surface area contributed by atoms with Crippen molar-refractivity contribution in [3.63, 3.8) is 0 Å². The van der Waals surface area contributed by atoms with Crippen molar-refractivity contribution in [2.24, 2.45) is 0 Å². The number of nitrogens with zero attached hydrogens (tertiary/aromatic N) is 2. The van der Waals surface area contributed by atoms with Crippen LogP contribution in [-0.4, -0.2) is 31.4 Å². The lowest BCUT2D eigenvalue weighted by Gasteiger charge is -2.11. The van der Waals surface area contributed by atoms with Gasteiger partial charge in [0.1, 0.15) is 0 Å². The maximum absolute atomic E-state index is 11.3. The largest absolute Gasteiger partial charge is 0.376 e. The van der Waals surface area contributed by atoms with Crippen LogP contribution in [0.5, 0.6) is 0 Å². The monoisotopic (exact) mass is 203 g/mol. The lowest BCUT2D eigenvalue weighted by Crippen LogP contribution is -2.28. The number of nitriles is 1. The second-order valence-electron chi connectivity index (χ2n) is 3.33. The summed E-state index contributed by atoms with van der Waals surface area (Å²) >= 11 is 0. The van der Waals surface area contributed by atoms with Gasteiger partial charge in [-0.15, -0.1) is 0 Å². The summed E-state index contributed by atoms with van der Waals surface area (Å²) in [6, 6.07) is 9.01. The summed E-state index contributed by atoms with van der Waals surface area (Å²) in [6.45, 7) is 0.263. The zero-order valence-corrected chi connectivity index (χ0v) is 8.82. The molecule has 0 aliphatic carbocycles. The molecular weight excluding hydrogens is 190 g/mol. The van der Waals surface area contributed by atoms with Crippen LogP contribution < -0.4 is 5.32 Å². The first-order chi connectivity index (χ1) is 7.13. The third-order valence-corrected chi connectivity index (χ3v) is 1.96. The van der Waals surface area contributed by atoms with Gasteiger partial charge in [0.25, 0.3) is 0 Å². The Morgan fingerprint density at radius 2 is 2.00 bits per heavy atom. The lowest BCUT2D eigenvalue weighted by atomic mass is 10.2. The molecule has 0 spiro atoms. The number of carbonyl (C=O) groups is 1. The van der Waals surface area contributed by atoms with Crippen molar-refractivity contribution in [2.45, 2.75) is 0 Å². The first kappa shape index (κ1) is 11.1. The Labute approximate surface area is 89.1 Å². The van der Waals surface area contributed by atoms with Gasteiger partial charge in [0.05, 0.1) is 18.2 Å². The summed E-state index contributed by atoms with van der Waals surface area (Å²) in [5, 5.41) is 11.6. The maximum atomic E-state index is 11.3. The molecule has 0 bridgehead atoms. The lowest BCUT2D eigenvalue weighted by molar-refractivity contribution is -0.126. The SMILES string of the molecule is CN(C)C(=O)CNc1ccc(C#N)cc1. The second kappa shape index (κ2) is 5.01. The van der Waals surface area contributed by atoms with E-state index in [1.165, 1.54) is 4.90 Å². The topological polar surface area (TPSA) is 56.1 Å². The Hall–Kier alpha value is -2.02. The molecular formula is C11H13N3O. The van der Waals surface area contributed by atoms with E-state index in [9.17, 15) is 4.79 Å². The highest BCUT2D eigenvalue weighted by Gasteiger charge is 2.02. The molecule has 78 valence electrons. The Balaban J connectivity index is 2.52. The first-order valence-corrected chi connectivity index (χ1v) is 4.57. The number of hydrogen-bond donors (Lipinski definition) is 1. The fourth-order valence-corrected chi connectivity index (χ4v) is 0.998. The minimum Gasteiger partial charge on any atom is -0.376 e. The van der Waals surface area contributed by atoms with Crippen LogP contribution in [0, 0.1) is 11.3 Å². The second-order valence-corrected chi connectivity index (χ2v) is 3.33. The van der Waals surface area contributed by atoms with Gasteiger partial charge in [0.15, 0.2) is 0 Å². The van der Waals surface area contributed by atoms with E-state index in [2.05, 4.69) is 5.32 Å². The third kappa shape index (κ3) is 3.31. The molecule has 15 heavy (non-hydrogen) atoms. The van der Waals surface area contributed by atoms with Gasteiger partial charge in [-0.05, 0) is 24.3 Å². The highest BCUT2D eigenvalue weighted by atomic mass is 16.2. The molecule has 0 radical (unpaired) electrons. The van der Waals surface area contributed by atoms with Crippen LogP contribution in [0.3, 0.4) is 0 Å². The van der Waals surface area contributed by atoms with Gasteiger partial charge in [-0.2, -0.15) is 5.26 Å². The molecule has 1 aromatic carbocycles. The van der Waals surface area contributed by atoms with Gasteiger partial charge >= 0.3 is 0 Å². The standard InChI is InChI=1S/C11H13N3O/c1-14(2)11(15)8-13-10-5-3-9(7-12)4-6-10/h3-6,13H,8H2,1-2H3. The number of hydrogen-bond acceptors (Lipinski definition) is 3. The van der Waals surface area contributed by atoms with E-state index in [1.54, 1.807) is 38.4 Å². The average molecular weight is 203 g/mol. The van der Waals surface area contributed by atoms with Gasteiger partial charge in [0.2, 0.25) is 5.91 Å². The molecule has 0 saturated heterocycles. The van der Waals surface area contributed by atoms with Crippen molar-refractivity contribution in [1.82, 2.24) is 4.90 Å². The summed E-state index contributed by atoms with van der Waals surface area (Å²) in [5.41, 5.74) is 1.45. The molecule has 1 N–H and O–H groups in total. The molecule has 1 rings (SSSR count). The van der Waals surface area contributed by atoms with Crippen molar-refractivity contribution in [2.75, 3.05) is 26.0 Å². The molecule has 0 atom stereocenters. The molecule has 4 heteroatoms. The quantitative estimate of drug-likeness (QED) is 0.799. The number of carbonyl (C=O) groups excluding carboxylic acids is 1. The molecule has 1 amide bonds. The fraction of sp³-hybridized carbons (Fsp3) is 0.273. The maximum Gasteiger partial charge on any atom is 0.241 e. The van der Waals surface area contributed by atoms with Crippen LogP contribution in [0.2, 0.25) is 0 Å². The van der Waals surface area contributed by atoms with Gasteiger partial charge in [-0.25, -0.2) is 0 Å². The summed E-state index contributed by atoms with van der Waals surface area (Å²) in [6.07, 6.45) is 0. The molecule has 0 aliphatic heterocycles. The summed E-state index contributed by atoms with van der Waals surface area (Å²) in [4.78, 5) is 12.8. The predicted molar refractivity (Wildman–Crippen MR) is 58.3 cm³/mol. The number of rotatable bonds is 3. The summed E-state index contributed by atoms with van der Waals surface area (Å²) in [7, 11) is 3.42. The normalized spacial score (nSPS) is 9.13. The highest BCUT2D eigenvalue weighted by molar-refractivity contribution is 5.80. The predicted octanol–water partition coefficient (Wildman–Crippen LogP) is 1.06. The number of benzene rings is 1. The minimum atomic E-state index is 0.0133. The summed E-state index contributed by atoms with van der Waals surface area (Å²) in [5.74, 6) is 0.0133. The summed E-state index contributed by atoms with van der Waals surface area (Å²) < 4.78 is 0. The van der Waals surface area contributed by atoms with Crippen molar-refractivity contribution in [1.29, 1.82) is 5.26 Å². The Morgan fingerprint density at radius 1 is 1.40 bits per heavy atom. The van der Waals surface area contributed by atoms with E-state index in [0.717, 1.165) is 5.69 Å². The highest BCUT2D eigenvalue weighted by Crippen LogP contribution is 2.08. The van der Waals surface area contributed by atoms with Crippen molar-refractivity contribution in [3.8, 4) is 6.07 Å². The van der Waals surface area contributed by atoms with Crippen LogP contribution >= 0.6 is 0 Å². The molecule has 0 aromatic heterocycles. The van der Waals surface area contributed by atoms with Crippen molar-refractivity contribution in [3.05, 3.63) is 29.8 Å². The zero-order valence-electron chi connectivity index (χ0n) is 8.82. The van der Waals surface area contributed by atoms with Crippen LogP contribution in [0.15, 0.2) is 24.3 Å². The molecule has 0 saturated carbocycles. The van der Waals surface area contributed by atoms with Crippen molar-refractivity contribution >= 4 is 11.6 Å². The van der Waals surface area contributed by atoms with Gasteiger partial charge in [-0.3, -0.25) is 4.79 Å². The third-order valence-electron chi connectivity index (χ3n) is 1.96. The molecule has 0 unspecified atom stereocenters. The zero-order chi connectivity index (χ0) is 11.3. The van der Waals surface area contributed by atoms with Crippen LogP contribution in [0.1, 0.15) is 5.56 Å². The van der Waals surface area contributed by atoms with E-state index in [-0.39, 0.29) is 12.5 Å². The number of nitrogens with one attached hydrogen (secondary N) is 1. The molecule has 0 heterocycles. The van der Waals surface area contributed by atoms with Gasteiger partial charge in [-0.1, -0.05) is 0 Å². The number of amides is 1. The first-order valence-electron chi connectivity index (χ1n) is 4.57. The van der Waals surface area contributed by atoms with E-state index >= 15 is 0 Å². The van der Waals surface area contributed by atoms with Crippen molar-refractivity contribution < 1.29 is 4.79 Å². The number of likely N-dealkylation sites (N-methyl/N-ethyl adjacent to an activating group) is 1. The fourth-order valence-electron chi connectivity index (χ4n) is 0.998. The van der Waals surface area contributed by atoms with E-state index < -0.39 is 0 Å². The molecule has 4 nitrogen and oxygen atoms in total. The average Bonchev–Trinajstić information content (AvgIpc) is 2.26. The Morgan fingerprint density at radius 3 is 2.47 bits per heavy atom. The van der Waals surface area contributed by atoms with Gasteiger partial charge < -0.3 is 10.2 Å². The van der Waals surface area contributed by atoms with Crippen LogP contribution in [-0.2, 0) is 4.79 Å². The van der Waals surface area contributed by atoms with Gasteiger partial charge in [0, 0.05) is 19.8 Å². The Bertz CT molecular complexity index is 376. The molecule has 1 aromatic rings. The number of anilines is 1. The Kier molecular flexibility index (Phi) is 3.69. The van der Waals surface area contributed by atoms with E-state index in [0.29, 0.717) is 5.56 Å². The van der Waals surface area contributed by atoms with Crippen LogP contribution in [0.4, 0.5) is 5.69 Å². The van der Waals surface area contributed by atoms with E-state index in [1.807, 2.05) is 6.07 Å². The molecule has 0 fully saturated rings. The smallest absolute Gasteiger partial charge is 0.241 e. The van der Waals surface area contributed by atoms with Crippen LogP contribution in [0.25, 0.3) is 0 Å². The minimum absolute atomic E-state index is 0.0133. The molecule has 0 aliphatic rings.